The minimum Gasteiger partial charge on any atom is -0.396 e. The van der Waals surface area contributed by atoms with Crippen molar-refractivity contribution in [1.29, 1.82) is 0 Å². The lowest BCUT2D eigenvalue weighted by Gasteiger charge is -2.44. The van der Waals surface area contributed by atoms with Gasteiger partial charge in [-0.3, -0.25) is 9.80 Å². The molecule has 4 aliphatic heterocycles. The predicted molar refractivity (Wildman–Crippen MR) is 102 cm³/mol. The van der Waals surface area contributed by atoms with Crippen LogP contribution in [0.5, 0.6) is 0 Å². The maximum atomic E-state index is 9.43. The van der Waals surface area contributed by atoms with Crippen LogP contribution in [0.1, 0.15) is 44.9 Å². The van der Waals surface area contributed by atoms with Gasteiger partial charge in [0, 0.05) is 44.9 Å². The molecule has 4 heterocycles. The van der Waals surface area contributed by atoms with Gasteiger partial charge in [-0.15, -0.1) is 0 Å². The van der Waals surface area contributed by atoms with Crippen LogP contribution in [0, 0.1) is 11.3 Å². The number of nitrogens with zero attached hydrogens (tertiary/aromatic N) is 2. The largest absolute Gasteiger partial charge is 0.396 e. The number of hydrogen-bond donors (Lipinski definition) is 3. The van der Waals surface area contributed by atoms with Crippen LogP contribution in [0.25, 0.3) is 0 Å². The fourth-order valence-corrected chi connectivity index (χ4v) is 6.01. The minimum atomic E-state index is 0.346. The van der Waals surface area contributed by atoms with Crippen molar-refractivity contribution in [2.45, 2.75) is 57.0 Å². The van der Waals surface area contributed by atoms with Gasteiger partial charge in [-0.25, -0.2) is 0 Å². The highest BCUT2D eigenvalue weighted by molar-refractivity contribution is 5.00. The van der Waals surface area contributed by atoms with Gasteiger partial charge >= 0.3 is 0 Å². The number of piperidine rings is 2. The second-order valence-electron chi connectivity index (χ2n) is 9.12. The molecule has 5 nitrogen and oxygen atoms in total. The average molecular weight is 351 g/mol. The standard InChI is InChI=1S/C20H38N4O/c25-12-5-18-3-1-2-10-23(18)14-17-4-8-21-13-19(17)24-11-7-20(16-24)6-9-22-15-20/h17-19,21-22,25H,1-16H2. The summed E-state index contributed by atoms with van der Waals surface area (Å²) in [6.07, 6.45) is 9.02. The van der Waals surface area contributed by atoms with E-state index in [1.54, 1.807) is 0 Å². The topological polar surface area (TPSA) is 50.8 Å². The van der Waals surface area contributed by atoms with Gasteiger partial charge in [0.15, 0.2) is 0 Å². The molecule has 0 radical (unpaired) electrons. The lowest BCUT2D eigenvalue weighted by molar-refractivity contribution is 0.0552. The van der Waals surface area contributed by atoms with Crippen molar-refractivity contribution < 1.29 is 5.11 Å². The van der Waals surface area contributed by atoms with E-state index in [0.29, 0.717) is 24.1 Å². The number of aliphatic hydroxyl groups excluding tert-OH is 1. The zero-order chi connectivity index (χ0) is 17.1. The zero-order valence-corrected chi connectivity index (χ0v) is 15.9. The summed E-state index contributed by atoms with van der Waals surface area (Å²) in [6, 6.07) is 1.34. The lowest BCUT2D eigenvalue weighted by Crippen LogP contribution is -2.55. The first-order valence-electron chi connectivity index (χ1n) is 10.8. The monoisotopic (exact) mass is 350 g/mol. The highest BCUT2D eigenvalue weighted by Crippen LogP contribution is 2.38. The number of likely N-dealkylation sites (tertiary alicyclic amines) is 2. The fourth-order valence-electron chi connectivity index (χ4n) is 6.01. The average Bonchev–Trinajstić information content (AvgIpc) is 3.28. The molecule has 4 unspecified atom stereocenters. The second kappa shape index (κ2) is 8.22. The molecule has 144 valence electrons. The van der Waals surface area contributed by atoms with Gasteiger partial charge in [0.05, 0.1) is 0 Å². The lowest BCUT2D eigenvalue weighted by atomic mass is 9.86. The third-order valence-corrected chi connectivity index (χ3v) is 7.54. The summed E-state index contributed by atoms with van der Waals surface area (Å²) < 4.78 is 0. The molecule has 4 rings (SSSR count). The Morgan fingerprint density at radius 2 is 2.00 bits per heavy atom. The molecule has 3 N–H and O–H groups in total. The summed E-state index contributed by atoms with van der Waals surface area (Å²) in [5.41, 5.74) is 0.576. The Kier molecular flexibility index (Phi) is 5.98. The molecule has 0 bridgehead atoms. The summed E-state index contributed by atoms with van der Waals surface area (Å²) in [5, 5.41) is 16.7. The van der Waals surface area contributed by atoms with E-state index in [1.807, 2.05) is 0 Å². The SMILES string of the molecule is OCCC1CCCCN1CC1CCNCC1N1CCC2(CCNC2)C1. The Labute approximate surface area is 153 Å². The quantitative estimate of drug-likeness (QED) is 0.687. The molecule has 4 aliphatic rings. The van der Waals surface area contributed by atoms with E-state index >= 15 is 0 Å². The first-order valence-corrected chi connectivity index (χ1v) is 10.8. The minimum absolute atomic E-state index is 0.346. The van der Waals surface area contributed by atoms with Crippen LogP contribution < -0.4 is 10.6 Å². The third-order valence-electron chi connectivity index (χ3n) is 7.54. The van der Waals surface area contributed by atoms with Gasteiger partial charge < -0.3 is 15.7 Å². The normalized spacial score (nSPS) is 40.9. The first kappa shape index (κ1) is 18.2. The van der Waals surface area contributed by atoms with Crippen LogP contribution in [-0.2, 0) is 0 Å². The van der Waals surface area contributed by atoms with Crippen LogP contribution >= 0.6 is 0 Å². The number of aliphatic hydroxyl groups is 1. The molecule has 4 saturated heterocycles. The summed E-state index contributed by atoms with van der Waals surface area (Å²) in [4.78, 5) is 5.56. The molecule has 0 aromatic rings. The van der Waals surface area contributed by atoms with Gasteiger partial charge in [0.1, 0.15) is 0 Å². The Morgan fingerprint density at radius 1 is 1.04 bits per heavy atom. The summed E-state index contributed by atoms with van der Waals surface area (Å²) in [6.45, 7) is 10.3. The van der Waals surface area contributed by atoms with E-state index in [4.69, 9.17) is 0 Å². The van der Waals surface area contributed by atoms with Crippen LogP contribution in [0.4, 0.5) is 0 Å². The van der Waals surface area contributed by atoms with E-state index in [0.717, 1.165) is 12.3 Å². The Balaban J connectivity index is 1.39. The molecule has 0 aromatic heterocycles. The molecule has 0 aliphatic carbocycles. The van der Waals surface area contributed by atoms with Gasteiger partial charge in [0.2, 0.25) is 0 Å². The van der Waals surface area contributed by atoms with E-state index < -0.39 is 0 Å². The summed E-state index contributed by atoms with van der Waals surface area (Å²) >= 11 is 0. The third kappa shape index (κ3) is 4.06. The van der Waals surface area contributed by atoms with E-state index in [9.17, 15) is 5.11 Å². The maximum absolute atomic E-state index is 9.43. The van der Waals surface area contributed by atoms with E-state index in [1.165, 1.54) is 90.9 Å². The summed E-state index contributed by atoms with van der Waals surface area (Å²) in [7, 11) is 0. The highest BCUT2D eigenvalue weighted by Gasteiger charge is 2.44. The molecule has 5 heteroatoms. The number of nitrogens with one attached hydrogen (secondary N) is 2. The van der Waals surface area contributed by atoms with Gasteiger partial charge in [0.25, 0.3) is 0 Å². The molecule has 0 amide bonds. The van der Waals surface area contributed by atoms with E-state index in [-0.39, 0.29) is 0 Å². The van der Waals surface area contributed by atoms with Crippen molar-refractivity contribution in [2.75, 3.05) is 59.0 Å². The summed E-state index contributed by atoms with van der Waals surface area (Å²) in [5.74, 6) is 0.796. The van der Waals surface area contributed by atoms with Crippen LogP contribution in [0.2, 0.25) is 0 Å². The van der Waals surface area contributed by atoms with Crippen LogP contribution in [-0.4, -0.2) is 86.0 Å². The smallest absolute Gasteiger partial charge is 0.0445 e. The van der Waals surface area contributed by atoms with Crippen LogP contribution in [0.3, 0.4) is 0 Å². The Morgan fingerprint density at radius 3 is 2.84 bits per heavy atom. The van der Waals surface area contributed by atoms with Gasteiger partial charge in [-0.05, 0) is 76.0 Å². The number of hydrogen-bond acceptors (Lipinski definition) is 5. The van der Waals surface area contributed by atoms with Crippen LogP contribution in [0.15, 0.2) is 0 Å². The molecule has 0 aromatic carbocycles. The fraction of sp³-hybridized carbons (Fsp3) is 1.00. The predicted octanol–water partition coefficient (Wildman–Crippen LogP) is 0.887. The molecule has 1 spiro atoms. The Hall–Kier alpha value is -0.200. The zero-order valence-electron chi connectivity index (χ0n) is 15.9. The van der Waals surface area contributed by atoms with Crippen molar-refractivity contribution >= 4 is 0 Å². The molecule has 25 heavy (non-hydrogen) atoms. The first-order chi connectivity index (χ1) is 12.3. The van der Waals surface area contributed by atoms with Crippen molar-refractivity contribution in [1.82, 2.24) is 20.4 Å². The van der Waals surface area contributed by atoms with Gasteiger partial charge in [-0.1, -0.05) is 6.42 Å². The molecule has 4 fully saturated rings. The second-order valence-corrected chi connectivity index (χ2v) is 9.12. The molecule has 4 atom stereocenters. The maximum Gasteiger partial charge on any atom is 0.0445 e. The van der Waals surface area contributed by atoms with Crippen molar-refractivity contribution in [3.05, 3.63) is 0 Å². The van der Waals surface area contributed by atoms with E-state index in [2.05, 4.69) is 20.4 Å². The van der Waals surface area contributed by atoms with Crippen molar-refractivity contribution in [2.24, 2.45) is 11.3 Å². The van der Waals surface area contributed by atoms with Crippen molar-refractivity contribution in [3.8, 4) is 0 Å². The highest BCUT2D eigenvalue weighted by atomic mass is 16.3. The molecule has 0 saturated carbocycles. The molecular formula is C20H38N4O. The molecular weight excluding hydrogens is 312 g/mol. The van der Waals surface area contributed by atoms with Gasteiger partial charge in [-0.2, -0.15) is 0 Å². The van der Waals surface area contributed by atoms with Crippen molar-refractivity contribution in [3.63, 3.8) is 0 Å². The Bertz CT molecular complexity index is 424. The number of rotatable bonds is 5.